The molecule has 0 bridgehead atoms. The van der Waals surface area contributed by atoms with Gasteiger partial charge in [-0.25, -0.2) is 0 Å². The number of fused-ring (bicyclic) bond motifs is 1. The fourth-order valence-electron chi connectivity index (χ4n) is 2.48. The molecule has 0 unspecified atom stereocenters. The Morgan fingerprint density at radius 3 is 2.71 bits per heavy atom. The van der Waals surface area contributed by atoms with E-state index in [2.05, 4.69) is 40.6 Å². The van der Waals surface area contributed by atoms with Crippen molar-refractivity contribution in [1.82, 2.24) is 9.55 Å². The lowest BCUT2D eigenvalue weighted by molar-refractivity contribution is 0.0616. The number of hydrogen-bond donors (Lipinski definition) is 0. The largest absolute Gasteiger partial charge is 0.461 e. The van der Waals surface area contributed by atoms with E-state index >= 15 is 0 Å². The zero-order valence-electron chi connectivity index (χ0n) is 14.4. The van der Waals surface area contributed by atoms with Crippen LogP contribution < -0.4 is 4.74 Å². The second kappa shape index (κ2) is 7.36. The van der Waals surface area contributed by atoms with Gasteiger partial charge in [0.2, 0.25) is 0 Å². The maximum atomic E-state index is 6.27. The van der Waals surface area contributed by atoms with Crippen LogP contribution in [0.25, 0.3) is 11.0 Å². The van der Waals surface area contributed by atoms with Crippen molar-refractivity contribution in [2.24, 2.45) is 0 Å². The first-order valence-corrected chi connectivity index (χ1v) is 13.3. The summed E-state index contributed by atoms with van der Waals surface area (Å²) in [4.78, 5) is 4.64. The van der Waals surface area contributed by atoms with E-state index in [-0.39, 0.29) is 6.10 Å². The first kappa shape index (κ1) is 18.2. The van der Waals surface area contributed by atoms with Crippen molar-refractivity contribution in [1.29, 1.82) is 0 Å². The van der Waals surface area contributed by atoms with Crippen molar-refractivity contribution in [3.05, 3.63) is 21.6 Å². The Balaban J connectivity index is 1.81. The second-order valence-electron chi connectivity index (χ2n) is 7.60. The molecule has 1 heterocycles. The van der Waals surface area contributed by atoms with Crippen LogP contribution in [-0.4, -0.2) is 30.3 Å². The summed E-state index contributed by atoms with van der Waals surface area (Å²) in [6.45, 7) is 8.27. The molecular weight excluding hydrogens is 408 g/mol. The maximum Gasteiger partial charge on any atom is 0.299 e. The summed E-state index contributed by atoms with van der Waals surface area (Å²) >= 11 is 9.73. The van der Waals surface area contributed by atoms with E-state index in [0.29, 0.717) is 17.8 Å². The van der Waals surface area contributed by atoms with Gasteiger partial charge in [-0.3, -0.25) is 4.57 Å². The maximum absolute atomic E-state index is 6.27. The minimum atomic E-state index is -1.09. The van der Waals surface area contributed by atoms with Crippen LogP contribution in [0.3, 0.4) is 0 Å². The molecule has 0 saturated heterocycles. The Morgan fingerprint density at radius 2 is 2.08 bits per heavy atom. The van der Waals surface area contributed by atoms with Crippen LogP contribution in [0.4, 0.5) is 0 Å². The van der Waals surface area contributed by atoms with E-state index in [0.717, 1.165) is 41.0 Å². The van der Waals surface area contributed by atoms with Crippen LogP contribution in [0.2, 0.25) is 30.7 Å². The number of hydrogen-bond acceptors (Lipinski definition) is 3. The van der Waals surface area contributed by atoms with Crippen molar-refractivity contribution in [3.8, 4) is 6.01 Å². The molecular formula is C17H24BrClN2O2Si. The standard InChI is InChI=1S/C17H24BrClN2O2Si/c1-24(2,3)8-7-22-11-21-16-10-14(19)13(18)9-15(16)20-17(21)23-12-5-4-6-12/h9-10,12H,4-8,11H2,1-3H3. The predicted octanol–water partition coefficient (Wildman–Crippen LogP) is 5.70. The van der Waals surface area contributed by atoms with Crippen LogP contribution >= 0.6 is 27.5 Å². The van der Waals surface area contributed by atoms with E-state index in [9.17, 15) is 0 Å². The molecule has 3 rings (SSSR count). The van der Waals surface area contributed by atoms with E-state index in [1.165, 1.54) is 6.42 Å². The number of ether oxygens (including phenoxy) is 2. The first-order valence-electron chi connectivity index (χ1n) is 8.43. The molecule has 0 radical (unpaired) electrons. The van der Waals surface area contributed by atoms with Gasteiger partial charge in [0, 0.05) is 19.2 Å². The third kappa shape index (κ3) is 4.34. The van der Waals surface area contributed by atoms with Gasteiger partial charge in [-0.05, 0) is 53.4 Å². The van der Waals surface area contributed by atoms with Crippen LogP contribution in [0, 0.1) is 0 Å². The lowest BCUT2D eigenvalue weighted by atomic mass is 9.96. The molecule has 0 N–H and O–H groups in total. The molecule has 1 aromatic heterocycles. The summed E-state index contributed by atoms with van der Waals surface area (Å²) in [5, 5.41) is 0.668. The zero-order chi connectivity index (χ0) is 17.3. The van der Waals surface area contributed by atoms with Gasteiger partial charge < -0.3 is 9.47 Å². The average molecular weight is 432 g/mol. The molecule has 1 aliphatic rings. The molecule has 1 aromatic carbocycles. The molecule has 4 nitrogen and oxygen atoms in total. The SMILES string of the molecule is C[Si](C)(C)CCOCn1c(OC2CCC2)nc2cc(Br)c(Cl)cc21. The Morgan fingerprint density at radius 1 is 1.33 bits per heavy atom. The van der Waals surface area contributed by atoms with Gasteiger partial charge in [-0.1, -0.05) is 31.2 Å². The Labute approximate surface area is 157 Å². The number of halogens is 2. The Kier molecular flexibility index (Phi) is 5.59. The van der Waals surface area contributed by atoms with Crippen molar-refractivity contribution < 1.29 is 9.47 Å². The summed E-state index contributed by atoms with van der Waals surface area (Å²) < 4.78 is 14.8. The summed E-state index contributed by atoms with van der Waals surface area (Å²) in [5.41, 5.74) is 1.82. The Hall–Kier alpha value is -0.563. The fraction of sp³-hybridized carbons (Fsp3) is 0.588. The smallest absolute Gasteiger partial charge is 0.299 e. The minimum Gasteiger partial charge on any atom is -0.461 e. The summed E-state index contributed by atoms with van der Waals surface area (Å²) in [6.07, 6.45) is 3.71. The second-order valence-corrected chi connectivity index (χ2v) is 14.5. The molecule has 1 fully saturated rings. The van der Waals surface area contributed by atoms with E-state index in [1.807, 2.05) is 16.7 Å². The highest BCUT2D eigenvalue weighted by atomic mass is 79.9. The number of nitrogens with zero attached hydrogens (tertiary/aromatic N) is 2. The highest BCUT2D eigenvalue weighted by Gasteiger charge is 2.23. The van der Waals surface area contributed by atoms with Gasteiger partial charge in [0.1, 0.15) is 12.8 Å². The van der Waals surface area contributed by atoms with Gasteiger partial charge in [0.15, 0.2) is 0 Å². The van der Waals surface area contributed by atoms with Gasteiger partial charge in [-0.2, -0.15) is 4.98 Å². The quantitative estimate of drug-likeness (QED) is 0.417. The monoisotopic (exact) mass is 430 g/mol. The molecule has 132 valence electrons. The third-order valence-corrected chi connectivity index (χ3v) is 7.20. The lowest BCUT2D eigenvalue weighted by Gasteiger charge is -2.26. The topological polar surface area (TPSA) is 36.3 Å². The zero-order valence-corrected chi connectivity index (χ0v) is 17.8. The number of rotatable bonds is 7. The molecule has 7 heteroatoms. The summed E-state index contributed by atoms with van der Waals surface area (Å²) in [5.74, 6) is 0. The minimum absolute atomic E-state index is 0.279. The highest BCUT2D eigenvalue weighted by Crippen LogP contribution is 2.32. The van der Waals surface area contributed by atoms with E-state index < -0.39 is 8.07 Å². The molecule has 1 saturated carbocycles. The van der Waals surface area contributed by atoms with Gasteiger partial charge >= 0.3 is 0 Å². The predicted molar refractivity (Wildman–Crippen MR) is 105 cm³/mol. The molecule has 2 aromatic rings. The molecule has 0 amide bonds. The summed E-state index contributed by atoms with van der Waals surface area (Å²) in [6, 6.07) is 5.63. The highest BCUT2D eigenvalue weighted by molar-refractivity contribution is 9.10. The van der Waals surface area contributed by atoms with Gasteiger partial charge in [-0.15, -0.1) is 0 Å². The van der Waals surface area contributed by atoms with Crippen molar-refractivity contribution in [2.45, 2.75) is 57.8 Å². The molecule has 0 aliphatic heterocycles. The molecule has 1 aliphatic carbocycles. The number of benzene rings is 1. The van der Waals surface area contributed by atoms with E-state index in [4.69, 9.17) is 21.1 Å². The normalized spacial score (nSPS) is 15.7. The first-order chi connectivity index (χ1) is 11.3. The van der Waals surface area contributed by atoms with Crippen molar-refractivity contribution >= 4 is 46.6 Å². The summed E-state index contributed by atoms with van der Waals surface area (Å²) in [7, 11) is -1.09. The number of aromatic nitrogens is 2. The lowest BCUT2D eigenvalue weighted by Crippen LogP contribution is -2.26. The van der Waals surface area contributed by atoms with Crippen LogP contribution in [0.5, 0.6) is 6.01 Å². The van der Waals surface area contributed by atoms with Crippen molar-refractivity contribution in [3.63, 3.8) is 0 Å². The molecule has 0 spiro atoms. The van der Waals surface area contributed by atoms with Crippen LogP contribution in [-0.2, 0) is 11.5 Å². The Bertz CT molecular complexity index is 725. The number of imidazole rings is 1. The molecule has 24 heavy (non-hydrogen) atoms. The third-order valence-electron chi connectivity index (χ3n) is 4.30. The van der Waals surface area contributed by atoms with Crippen LogP contribution in [0.15, 0.2) is 16.6 Å². The van der Waals surface area contributed by atoms with E-state index in [1.54, 1.807) is 0 Å². The van der Waals surface area contributed by atoms with Crippen molar-refractivity contribution in [2.75, 3.05) is 6.61 Å². The fourth-order valence-corrected chi connectivity index (χ4v) is 3.73. The van der Waals surface area contributed by atoms with Gasteiger partial charge in [0.25, 0.3) is 6.01 Å². The van der Waals surface area contributed by atoms with Gasteiger partial charge in [0.05, 0.1) is 16.1 Å². The molecule has 0 atom stereocenters. The average Bonchev–Trinajstić information content (AvgIpc) is 2.76. The van der Waals surface area contributed by atoms with Crippen LogP contribution in [0.1, 0.15) is 19.3 Å².